The molecule has 0 saturated carbocycles. The van der Waals surface area contributed by atoms with Gasteiger partial charge in [0.25, 0.3) is 0 Å². The summed E-state index contributed by atoms with van der Waals surface area (Å²) in [7, 11) is 0. The highest BCUT2D eigenvalue weighted by Gasteiger charge is 2.04. The van der Waals surface area contributed by atoms with Crippen molar-refractivity contribution in [1.29, 1.82) is 0 Å². The van der Waals surface area contributed by atoms with E-state index in [0.717, 1.165) is 20.3 Å². The molecule has 1 heterocycles. The first kappa shape index (κ1) is 10.9. The van der Waals surface area contributed by atoms with E-state index in [4.69, 9.17) is 5.11 Å². The summed E-state index contributed by atoms with van der Waals surface area (Å²) < 4.78 is 1.96. The Bertz CT molecular complexity index is 462. The molecule has 2 rings (SSSR count). The molecule has 0 saturated heterocycles. The fourth-order valence-corrected chi connectivity index (χ4v) is 2.57. The quantitative estimate of drug-likeness (QED) is 0.888. The zero-order valence-corrected chi connectivity index (χ0v) is 10.8. The van der Waals surface area contributed by atoms with Crippen molar-refractivity contribution in [2.24, 2.45) is 0 Å². The zero-order valence-electron chi connectivity index (χ0n) is 7.67. The molecule has 2 N–H and O–H groups in total. The van der Waals surface area contributed by atoms with Gasteiger partial charge in [0.2, 0.25) is 0 Å². The van der Waals surface area contributed by atoms with Crippen molar-refractivity contribution in [3.8, 4) is 11.4 Å². The number of hydrogen-bond acceptors (Lipinski definition) is 2. The van der Waals surface area contributed by atoms with Gasteiger partial charge in [-0.2, -0.15) is 0 Å². The maximum absolute atomic E-state index is 8.92. The maximum Gasteiger partial charge on any atom is 0.137 e. The van der Waals surface area contributed by atoms with Crippen LogP contribution in [0.25, 0.3) is 11.4 Å². The van der Waals surface area contributed by atoms with E-state index in [1.54, 1.807) is 6.20 Å². The Kier molecular flexibility index (Phi) is 3.23. The molecule has 78 valence electrons. The van der Waals surface area contributed by atoms with E-state index in [2.05, 4.69) is 41.8 Å². The number of nitrogens with zero attached hydrogens (tertiary/aromatic N) is 1. The highest BCUT2D eigenvalue weighted by molar-refractivity contribution is 9.11. The minimum absolute atomic E-state index is 0.0256. The van der Waals surface area contributed by atoms with Crippen molar-refractivity contribution >= 4 is 31.9 Å². The maximum atomic E-state index is 8.92. The predicted octanol–water partition coefficient (Wildman–Crippen LogP) is 3.09. The van der Waals surface area contributed by atoms with Crippen LogP contribution < -0.4 is 0 Å². The van der Waals surface area contributed by atoms with E-state index in [1.165, 1.54) is 0 Å². The third kappa shape index (κ3) is 2.48. The van der Waals surface area contributed by atoms with E-state index in [-0.39, 0.29) is 6.61 Å². The largest absolute Gasteiger partial charge is 0.390 e. The number of rotatable bonds is 2. The predicted molar refractivity (Wildman–Crippen MR) is 65.3 cm³/mol. The fourth-order valence-electron chi connectivity index (χ4n) is 1.28. The Hall–Kier alpha value is -0.650. The number of H-pyrrole nitrogens is 1. The van der Waals surface area contributed by atoms with Gasteiger partial charge in [0.15, 0.2) is 0 Å². The first-order valence-corrected chi connectivity index (χ1v) is 5.89. The summed E-state index contributed by atoms with van der Waals surface area (Å²) in [6.07, 6.45) is 1.63. The van der Waals surface area contributed by atoms with Crippen molar-refractivity contribution in [2.45, 2.75) is 6.61 Å². The average Bonchev–Trinajstić information content (AvgIpc) is 2.64. The Labute approximate surface area is 104 Å². The summed E-state index contributed by atoms with van der Waals surface area (Å²) in [6, 6.07) is 5.88. The van der Waals surface area contributed by atoms with E-state index < -0.39 is 0 Å². The second kappa shape index (κ2) is 4.47. The summed E-state index contributed by atoms with van der Waals surface area (Å²) >= 11 is 6.83. The summed E-state index contributed by atoms with van der Waals surface area (Å²) in [4.78, 5) is 7.21. The van der Waals surface area contributed by atoms with Gasteiger partial charge in [-0.25, -0.2) is 4.98 Å². The van der Waals surface area contributed by atoms with E-state index in [1.807, 2.05) is 18.2 Å². The summed E-state index contributed by atoms with van der Waals surface area (Å²) in [5.41, 5.74) is 1.68. The highest BCUT2D eigenvalue weighted by Crippen LogP contribution is 2.25. The minimum Gasteiger partial charge on any atom is -0.390 e. The fraction of sp³-hybridized carbons (Fsp3) is 0.100. The molecule has 0 aliphatic rings. The lowest BCUT2D eigenvalue weighted by Gasteiger charge is -1.99. The van der Waals surface area contributed by atoms with Gasteiger partial charge in [-0.3, -0.25) is 0 Å². The first-order valence-electron chi connectivity index (χ1n) is 4.30. The molecular weight excluding hydrogens is 324 g/mol. The second-order valence-corrected chi connectivity index (χ2v) is 4.90. The van der Waals surface area contributed by atoms with Crippen molar-refractivity contribution in [2.75, 3.05) is 0 Å². The topological polar surface area (TPSA) is 48.9 Å². The molecule has 0 aliphatic heterocycles. The van der Waals surface area contributed by atoms with Crippen LogP contribution in [0, 0.1) is 0 Å². The van der Waals surface area contributed by atoms with Crippen molar-refractivity contribution < 1.29 is 5.11 Å². The van der Waals surface area contributed by atoms with Gasteiger partial charge in [-0.15, -0.1) is 0 Å². The Morgan fingerprint density at radius 1 is 1.20 bits per heavy atom. The van der Waals surface area contributed by atoms with Crippen LogP contribution in [0.3, 0.4) is 0 Å². The monoisotopic (exact) mass is 330 g/mol. The summed E-state index contributed by atoms with van der Waals surface area (Å²) in [5, 5.41) is 8.92. The van der Waals surface area contributed by atoms with Gasteiger partial charge in [0.05, 0.1) is 18.5 Å². The number of aromatic amines is 1. The van der Waals surface area contributed by atoms with Crippen LogP contribution >= 0.6 is 31.9 Å². The van der Waals surface area contributed by atoms with E-state index in [9.17, 15) is 0 Å². The average molecular weight is 332 g/mol. The highest BCUT2D eigenvalue weighted by atomic mass is 79.9. The molecule has 0 spiro atoms. The van der Waals surface area contributed by atoms with Gasteiger partial charge in [-0.1, -0.05) is 31.9 Å². The van der Waals surface area contributed by atoms with Crippen LogP contribution in [0.1, 0.15) is 5.69 Å². The Morgan fingerprint density at radius 3 is 2.40 bits per heavy atom. The molecule has 0 fully saturated rings. The second-order valence-electron chi connectivity index (χ2n) is 3.07. The molecule has 0 aliphatic carbocycles. The number of aromatic nitrogens is 2. The minimum atomic E-state index is -0.0256. The first-order chi connectivity index (χ1) is 7.19. The molecule has 5 heteroatoms. The lowest BCUT2D eigenvalue weighted by molar-refractivity contribution is 0.277. The molecule has 0 bridgehead atoms. The lowest BCUT2D eigenvalue weighted by Crippen LogP contribution is -1.84. The standard InChI is InChI=1S/C10H8Br2N2O/c11-7-1-6(2-8(12)3-7)10-13-4-9(5-15)14-10/h1-4,15H,5H2,(H,13,14). The van der Waals surface area contributed by atoms with Gasteiger partial charge in [0.1, 0.15) is 5.82 Å². The third-order valence-electron chi connectivity index (χ3n) is 1.93. The Balaban J connectivity index is 2.44. The normalized spacial score (nSPS) is 10.6. The van der Waals surface area contributed by atoms with Crippen LogP contribution in [0.2, 0.25) is 0 Å². The molecule has 1 aromatic heterocycles. The number of halogens is 2. The van der Waals surface area contributed by atoms with Crippen LogP contribution in [0.15, 0.2) is 33.3 Å². The molecule has 0 radical (unpaired) electrons. The van der Waals surface area contributed by atoms with Crippen LogP contribution in [-0.2, 0) is 6.61 Å². The van der Waals surface area contributed by atoms with Gasteiger partial charge in [0, 0.05) is 14.5 Å². The van der Waals surface area contributed by atoms with Crippen molar-refractivity contribution in [3.63, 3.8) is 0 Å². The molecule has 1 aromatic carbocycles. The van der Waals surface area contributed by atoms with Crippen molar-refractivity contribution in [3.05, 3.63) is 39.0 Å². The smallest absolute Gasteiger partial charge is 0.137 e. The molecule has 3 nitrogen and oxygen atoms in total. The van der Waals surface area contributed by atoms with Crippen molar-refractivity contribution in [1.82, 2.24) is 9.97 Å². The van der Waals surface area contributed by atoms with E-state index in [0.29, 0.717) is 5.69 Å². The molecule has 15 heavy (non-hydrogen) atoms. The van der Waals surface area contributed by atoms with Crippen LogP contribution in [-0.4, -0.2) is 15.1 Å². The number of imidazole rings is 1. The number of benzene rings is 1. The Morgan fingerprint density at radius 2 is 1.87 bits per heavy atom. The summed E-state index contributed by atoms with van der Waals surface area (Å²) in [5.74, 6) is 0.751. The van der Waals surface area contributed by atoms with Gasteiger partial charge in [-0.05, 0) is 18.2 Å². The van der Waals surface area contributed by atoms with E-state index >= 15 is 0 Å². The zero-order chi connectivity index (χ0) is 10.8. The number of aliphatic hydroxyl groups is 1. The number of aliphatic hydroxyl groups excluding tert-OH is 1. The molecule has 2 aromatic rings. The molecule has 0 amide bonds. The molecular formula is C10H8Br2N2O. The number of nitrogens with one attached hydrogen (secondary N) is 1. The SMILES string of the molecule is OCc1cnc(-c2cc(Br)cc(Br)c2)[nH]1. The third-order valence-corrected chi connectivity index (χ3v) is 2.85. The van der Waals surface area contributed by atoms with Gasteiger partial charge >= 0.3 is 0 Å². The lowest BCUT2D eigenvalue weighted by atomic mass is 10.2. The van der Waals surface area contributed by atoms with Crippen LogP contribution in [0.4, 0.5) is 0 Å². The molecule has 0 atom stereocenters. The van der Waals surface area contributed by atoms with Gasteiger partial charge < -0.3 is 10.1 Å². The number of hydrogen-bond donors (Lipinski definition) is 2. The van der Waals surface area contributed by atoms with Crippen LogP contribution in [0.5, 0.6) is 0 Å². The summed E-state index contributed by atoms with van der Waals surface area (Å²) in [6.45, 7) is -0.0256. The molecule has 0 unspecified atom stereocenters.